The lowest BCUT2D eigenvalue weighted by Crippen LogP contribution is -2.50. The van der Waals surface area contributed by atoms with E-state index in [-0.39, 0.29) is 12.5 Å². The van der Waals surface area contributed by atoms with Gasteiger partial charge in [0.2, 0.25) is 15.9 Å². The van der Waals surface area contributed by atoms with Gasteiger partial charge in [-0.2, -0.15) is 4.80 Å². The summed E-state index contributed by atoms with van der Waals surface area (Å²) in [7, 11) is -3.37. The third-order valence-electron chi connectivity index (χ3n) is 5.18. The van der Waals surface area contributed by atoms with Crippen molar-refractivity contribution in [3.8, 4) is 0 Å². The van der Waals surface area contributed by atoms with Crippen LogP contribution in [0.3, 0.4) is 0 Å². The van der Waals surface area contributed by atoms with Gasteiger partial charge >= 0.3 is 0 Å². The average molecular weight is 516 g/mol. The van der Waals surface area contributed by atoms with E-state index in [4.69, 9.17) is 10.5 Å². The summed E-state index contributed by atoms with van der Waals surface area (Å²) in [6.45, 7) is 4.20. The van der Waals surface area contributed by atoms with Gasteiger partial charge in [0.1, 0.15) is 6.04 Å². The maximum atomic E-state index is 12.5. The van der Waals surface area contributed by atoms with Crippen LogP contribution in [0.15, 0.2) is 54.6 Å². The van der Waals surface area contributed by atoms with E-state index in [0.29, 0.717) is 37.5 Å². The molecule has 1 atom stereocenters. The summed E-state index contributed by atoms with van der Waals surface area (Å²) in [5.41, 5.74) is 7.29. The standard InChI is InChI=1S/C24H33N7O4S/c1-24(2,25)23(32)26-21(17-35-16-18-10-5-4-6-11-18)22-27-30-31(28-22)15-9-13-19-12-7-8-14-20(19)29-36(3,33)34/h4-8,10-12,14,21,29H,9,13,15-17,25H2,1-3H3,(H,26,32)/t21-/m1/s1. The molecule has 1 amide bonds. The van der Waals surface area contributed by atoms with Crippen LogP contribution in [0.5, 0.6) is 0 Å². The van der Waals surface area contributed by atoms with Crippen LogP contribution in [0.2, 0.25) is 0 Å². The van der Waals surface area contributed by atoms with Crippen LogP contribution < -0.4 is 15.8 Å². The highest BCUT2D eigenvalue weighted by molar-refractivity contribution is 7.92. The number of sulfonamides is 1. The monoisotopic (exact) mass is 515 g/mol. The van der Waals surface area contributed by atoms with E-state index in [1.807, 2.05) is 42.5 Å². The minimum Gasteiger partial charge on any atom is -0.374 e. The van der Waals surface area contributed by atoms with Gasteiger partial charge in [0.15, 0.2) is 5.82 Å². The molecule has 0 aliphatic carbocycles. The zero-order chi connectivity index (χ0) is 26.2. The Labute approximate surface area is 211 Å². The van der Waals surface area contributed by atoms with E-state index >= 15 is 0 Å². The van der Waals surface area contributed by atoms with Crippen molar-refractivity contribution in [2.24, 2.45) is 5.73 Å². The number of tetrazole rings is 1. The number of rotatable bonds is 13. The summed E-state index contributed by atoms with van der Waals surface area (Å²) in [5, 5.41) is 15.5. The van der Waals surface area contributed by atoms with Gasteiger partial charge in [-0.25, -0.2) is 8.42 Å². The topological polar surface area (TPSA) is 154 Å². The Hall–Kier alpha value is -3.35. The van der Waals surface area contributed by atoms with Crippen molar-refractivity contribution in [1.82, 2.24) is 25.5 Å². The van der Waals surface area contributed by atoms with Crippen LogP contribution in [-0.2, 0) is 39.1 Å². The molecule has 4 N–H and O–H groups in total. The lowest BCUT2D eigenvalue weighted by molar-refractivity contribution is -0.126. The molecule has 11 nitrogen and oxygen atoms in total. The summed E-state index contributed by atoms with van der Waals surface area (Å²) in [4.78, 5) is 14.0. The minimum absolute atomic E-state index is 0.146. The van der Waals surface area contributed by atoms with E-state index in [0.717, 1.165) is 17.4 Å². The molecule has 3 aromatic rings. The summed E-state index contributed by atoms with van der Waals surface area (Å²) in [6.07, 6.45) is 2.38. The highest BCUT2D eigenvalue weighted by Gasteiger charge is 2.27. The summed E-state index contributed by atoms with van der Waals surface area (Å²) in [5.74, 6) is -0.0399. The second kappa shape index (κ2) is 12.1. The Kier molecular flexibility index (Phi) is 9.13. The molecule has 2 aromatic carbocycles. The molecule has 12 heteroatoms. The molecule has 0 bridgehead atoms. The third-order valence-corrected chi connectivity index (χ3v) is 5.77. The number of nitrogens with zero attached hydrogens (tertiary/aromatic N) is 4. The molecule has 194 valence electrons. The zero-order valence-electron chi connectivity index (χ0n) is 20.7. The molecule has 0 aliphatic heterocycles. The molecule has 0 radical (unpaired) electrons. The highest BCUT2D eigenvalue weighted by Crippen LogP contribution is 2.18. The first-order valence-corrected chi connectivity index (χ1v) is 13.5. The zero-order valence-corrected chi connectivity index (χ0v) is 21.5. The summed E-state index contributed by atoms with van der Waals surface area (Å²) in [6, 6.07) is 16.3. The number of benzene rings is 2. The number of nitrogens with two attached hydrogens (primary N) is 1. The van der Waals surface area contributed by atoms with E-state index in [1.165, 1.54) is 4.80 Å². The number of carbonyl (C=O) groups excluding carboxylic acids is 1. The maximum absolute atomic E-state index is 12.5. The molecule has 0 saturated heterocycles. The van der Waals surface area contributed by atoms with E-state index in [9.17, 15) is 13.2 Å². The quantitative estimate of drug-likeness (QED) is 0.311. The third kappa shape index (κ3) is 8.70. The summed E-state index contributed by atoms with van der Waals surface area (Å²) < 4.78 is 31.6. The average Bonchev–Trinajstić information content (AvgIpc) is 3.27. The number of anilines is 1. The lowest BCUT2D eigenvalue weighted by atomic mass is 10.1. The second-order valence-electron chi connectivity index (χ2n) is 9.13. The first kappa shape index (κ1) is 27.2. The molecule has 36 heavy (non-hydrogen) atoms. The van der Waals surface area contributed by atoms with Crippen LogP contribution >= 0.6 is 0 Å². The number of hydrogen-bond donors (Lipinski definition) is 3. The van der Waals surface area contributed by atoms with Crippen molar-refractivity contribution in [3.05, 3.63) is 71.5 Å². The van der Waals surface area contributed by atoms with E-state index < -0.39 is 21.6 Å². The van der Waals surface area contributed by atoms with Crippen molar-refractivity contribution in [3.63, 3.8) is 0 Å². The van der Waals surface area contributed by atoms with Gasteiger partial charge in [-0.05, 0) is 49.1 Å². The molecule has 0 fully saturated rings. The van der Waals surface area contributed by atoms with Crippen LogP contribution in [-0.4, -0.2) is 52.9 Å². The predicted octanol–water partition coefficient (Wildman–Crippen LogP) is 1.79. The van der Waals surface area contributed by atoms with E-state index in [2.05, 4.69) is 25.4 Å². The largest absolute Gasteiger partial charge is 0.374 e. The van der Waals surface area contributed by atoms with Gasteiger partial charge in [0.05, 0.1) is 37.2 Å². The van der Waals surface area contributed by atoms with Crippen LogP contribution in [0.4, 0.5) is 5.69 Å². The number of para-hydroxylation sites is 1. The van der Waals surface area contributed by atoms with Crippen LogP contribution in [0, 0.1) is 0 Å². The second-order valence-corrected chi connectivity index (χ2v) is 10.9. The van der Waals surface area contributed by atoms with Gasteiger partial charge in [0.25, 0.3) is 0 Å². The minimum atomic E-state index is -3.37. The van der Waals surface area contributed by atoms with Crippen molar-refractivity contribution < 1.29 is 17.9 Å². The smallest absolute Gasteiger partial charge is 0.240 e. The first-order chi connectivity index (χ1) is 17.0. The number of carbonyl (C=O) groups is 1. The fraction of sp³-hybridized carbons (Fsp3) is 0.417. The van der Waals surface area contributed by atoms with Crippen LogP contribution in [0.25, 0.3) is 0 Å². The fourth-order valence-electron chi connectivity index (χ4n) is 3.33. The molecule has 0 aliphatic rings. The van der Waals surface area contributed by atoms with Crippen molar-refractivity contribution in [2.75, 3.05) is 17.6 Å². The van der Waals surface area contributed by atoms with Crippen molar-refractivity contribution in [2.45, 2.75) is 51.4 Å². The predicted molar refractivity (Wildman–Crippen MR) is 136 cm³/mol. The fourth-order valence-corrected chi connectivity index (χ4v) is 3.93. The Morgan fingerprint density at radius 3 is 2.53 bits per heavy atom. The first-order valence-electron chi connectivity index (χ1n) is 11.6. The van der Waals surface area contributed by atoms with Crippen LogP contribution in [0.1, 0.15) is 43.3 Å². The molecular formula is C24H33N7O4S. The SMILES string of the molecule is CC(C)(N)C(=O)N[C@H](COCc1ccccc1)c1nnn(CCCc2ccccc2NS(C)(=O)=O)n1. The Balaban J connectivity index is 1.63. The molecular weight excluding hydrogens is 482 g/mol. The normalized spacial score (nSPS) is 12.8. The lowest BCUT2D eigenvalue weighted by Gasteiger charge is -2.22. The Morgan fingerprint density at radius 2 is 1.83 bits per heavy atom. The molecule has 3 rings (SSSR count). The number of nitrogens with one attached hydrogen (secondary N) is 2. The van der Waals surface area contributed by atoms with Gasteiger partial charge in [-0.15, -0.1) is 10.2 Å². The Morgan fingerprint density at radius 1 is 1.14 bits per heavy atom. The number of aromatic nitrogens is 4. The number of ether oxygens (including phenoxy) is 1. The molecule has 0 saturated carbocycles. The maximum Gasteiger partial charge on any atom is 0.240 e. The van der Waals surface area contributed by atoms with Crippen molar-refractivity contribution in [1.29, 1.82) is 0 Å². The summed E-state index contributed by atoms with van der Waals surface area (Å²) >= 11 is 0. The molecule has 1 aromatic heterocycles. The highest BCUT2D eigenvalue weighted by atomic mass is 32.2. The van der Waals surface area contributed by atoms with Gasteiger partial charge < -0.3 is 15.8 Å². The molecule has 1 heterocycles. The number of aryl methyl sites for hydroxylation is 2. The number of hydrogen-bond acceptors (Lipinski definition) is 8. The molecule has 0 unspecified atom stereocenters. The van der Waals surface area contributed by atoms with Gasteiger partial charge in [-0.3, -0.25) is 9.52 Å². The van der Waals surface area contributed by atoms with Gasteiger partial charge in [-0.1, -0.05) is 48.5 Å². The number of amides is 1. The van der Waals surface area contributed by atoms with E-state index in [1.54, 1.807) is 26.0 Å². The van der Waals surface area contributed by atoms with Crippen molar-refractivity contribution >= 4 is 21.6 Å². The molecule has 0 spiro atoms. The Bertz CT molecular complexity index is 1240. The van der Waals surface area contributed by atoms with Gasteiger partial charge in [0, 0.05) is 0 Å².